The summed E-state index contributed by atoms with van der Waals surface area (Å²) in [6, 6.07) is 13.0. The Bertz CT molecular complexity index is 1120. The zero-order chi connectivity index (χ0) is 23.4. The lowest BCUT2D eigenvalue weighted by Gasteiger charge is -2.35. The van der Waals surface area contributed by atoms with Crippen LogP contribution in [-0.2, 0) is 17.8 Å². The zero-order valence-electron chi connectivity index (χ0n) is 18.7. The molecule has 2 aromatic carbocycles. The first-order chi connectivity index (χ1) is 15.9. The number of amides is 2. The first-order valence-corrected chi connectivity index (χ1v) is 10.9. The molecule has 172 valence electrons. The van der Waals surface area contributed by atoms with Gasteiger partial charge < -0.3 is 19.1 Å². The molecule has 0 spiro atoms. The molecule has 0 radical (unpaired) electrons. The number of piperazine rings is 1. The Balaban J connectivity index is 1.31. The summed E-state index contributed by atoms with van der Waals surface area (Å²) in [6.07, 6.45) is 0.221. The molecule has 3 aromatic rings. The van der Waals surface area contributed by atoms with Crippen LogP contribution in [0.4, 0.5) is 4.39 Å². The van der Waals surface area contributed by atoms with Gasteiger partial charge in [-0.3, -0.25) is 9.59 Å². The van der Waals surface area contributed by atoms with Gasteiger partial charge in [-0.1, -0.05) is 23.4 Å². The van der Waals surface area contributed by atoms with Crippen molar-refractivity contribution < 1.29 is 23.2 Å². The van der Waals surface area contributed by atoms with Crippen molar-refractivity contribution in [2.75, 3.05) is 26.2 Å². The van der Waals surface area contributed by atoms with Crippen LogP contribution in [0.15, 0.2) is 53.1 Å². The Kier molecular flexibility index (Phi) is 6.72. The molecule has 0 bridgehead atoms. The second-order valence-corrected chi connectivity index (χ2v) is 8.10. The van der Waals surface area contributed by atoms with Gasteiger partial charge >= 0.3 is 0 Å². The number of carbonyl (C=O) groups is 2. The predicted octanol–water partition coefficient (Wildman–Crippen LogP) is 3.54. The highest BCUT2D eigenvalue weighted by Gasteiger charge is 2.25. The van der Waals surface area contributed by atoms with Crippen molar-refractivity contribution in [2.45, 2.75) is 26.9 Å². The monoisotopic (exact) mass is 451 g/mol. The van der Waals surface area contributed by atoms with Gasteiger partial charge in [0.25, 0.3) is 5.91 Å². The van der Waals surface area contributed by atoms with E-state index < -0.39 is 0 Å². The maximum Gasteiger partial charge on any atom is 0.254 e. The first-order valence-electron chi connectivity index (χ1n) is 10.9. The largest absolute Gasteiger partial charge is 0.489 e. The maximum atomic E-state index is 13.1. The Morgan fingerprint density at radius 1 is 1.03 bits per heavy atom. The zero-order valence-corrected chi connectivity index (χ0v) is 18.7. The van der Waals surface area contributed by atoms with E-state index in [0.29, 0.717) is 49.9 Å². The molecule has 0 unspecified atom stereocenters. The van der Waals surface area contributed by atoms with Gasteiger partial charge in [0, 0.05) is 31.7 Å². The molecule has 1 aliphatic heterocycles. The molecule has 7 nitrogen and oxygen atoms in total. The molecule has 0 aliphatic carbocycles. The molecule has 33 heavy (non-hydrogen) atoms. The third-order valence-corrected chi connectivity index (χ3v) is 5.83. The van der Waals surface area contributed by atoms with Crippen molar-refractivity contribution in [3.8, 4) is 5.75 Å². The number of aromatic nitrogens is 1. The Morgan fingerprint density at radius 3 is 2.39 bits per heavy atom. The molecule has 8 heteroatoms. The number of hydrogen-bond donors (Lipinski definition) is 0. The summed E-state index contributed by atoms with van der Waals surface area (Å²) in [4.78, 5) is 29.1. The van der Waals surface area contributed by atoms with Gasteiger partial charge in [0.15, 0.2) is 0 Å². The summed E-state index contributed by atoms with van der Waals surface area (Å²) in [5.74, 6) is 0.865. The molecule has 4 rings (SSSR count). The molecular formula is C25H26FN3O4. The molecule has 2 amide bonds. The molecule has 0 saturated carbocycles. The number of ether oxygens (including phenoxy) is 1. The number of hydrogen-bond acceptors (Lipinski definition) is 5. The molecular weight excluding hydrogens is 425 g/mol. The van der Waals surface area contributed by atoms with Gasteiger partial charge in [-0.2, -0.15) is 0 Å². The summed E-state index contributed by atoms with van der Waals surface area (Å²) < 4.78 is 24.1. The van der Waals surface area contributed by atoms with Crippen LogP contribution in [0.25, 0.3) is 0 Å². The summed E-state index contributed by atoms with van der Waals surface area (Å²) >= 11 is 0. The average Bonchev–Trinajstić information content (AvgIpc) is 3.16. The molecule has 0 N–H and O–H groups in total. The van der Waals surface area contributed by atoms with Crippen molar-refractivity contribution in [2.24, 2.45) is 0 Å². The highest BCUT2D eigenvalue weighted by atomic mass is 19.1. The average molecular weight is 451 g/mol. The molecule has 1 fully saturated rings. The molecule has 1 aromatic heterocycles. The van der Waals surface area contributed by atoms with Gasteiger partial charge in [-0.25, -0.2) is 4.39 Å². The fourth-order valence-corrected chi connectivity index (χ4v) is 3.81. The van der Waals surface area contributed by atoms with Crippen LogP contribution in [-0.4, -0.2) is 52.9 Å². The van der Waals surface area contributed by atoms with E-state index >= 15 is 0 Å². The standard InChI is InChI=1S/C25H26FN3O4/c1-17-23(18(2)33-27-17)16-32-22-5-3-4-20(15-22)25(31)29-12-10-28(11-13-29)24(30)14-19-6-8-21(26)9-7-19/h3-9,15H,10-14,16H2,1-2H3. The SMILES string of the molecule is Cc1noc(C)c1COc1cccc(C(=O)N2CCN(C(=O)Cc3ccc(F)cc3)CC2)c1. The van der Waals surface area contributed by atoms with Gasteiger partial charge in [0.1, 0.15) is 23.9 Å². The number of benzene rings is 2. The summed E-state index contributed by atoms with van der Waals surface area (Å²) in [5.41, 5.74) is 2.99. The lowest BCUT2D eigenvalue weighted by Crippen LogP contribution is -2.51. The molecule has 1 aliphatic rings. The van der Waals surface area contributed by atoms with Gasteiger partial charge in [0.2, 0.25) is 5.91 Å². The lowest BCUT2D eigenvalue weighted by molar-refractivity contribution is -0.131. The van der Waals surface area contributed by atoms with Crippen LogP contribution in [0.2, 0.25) is 0 Å². The number of aryl methyl sites for hydroxylation is 2. The van der Waals surface area contributed by atoms with E-state index in [4.69, 9.17) is 9.26 Å². The molecule has 2 heterocycles. The molecule has 1 saturated heterocycles. The summed E-state index contributed by atoms with van der Waals surface area (Å²) in [7, 11) is 0. The van der Waals surface area contributed by atoms with Gasteiger partial charge in [0.05, 0.1) is 17.7 Å². The topological polar surface area (TPSA) is 75.9 Å². The smallest absolute Gasteiger partial charge is 0.254 e. The highest BCUT2D eigenvalue weighted by molar-refractivity contribution is 5.94. The van der Waals surface area contributed by atoms with Crippen molar-refractivity contribution in [1.29, 1.82) is 0 Å². The van der Waals surface area contributed by atoms with Crippen molar-refractivity contribution in [3.05, 3.63) is 82.5 Å². The number of rotatable bonds is 6. The van der Waals surface area contributed by atoms with E-state index in [1.54, 1.807) is 46.2 Å². The lowest BCUT2D eigenvalue weighted by atomic mass is 10.1. The quantitative estimate of drug-likeness (QED) is 0.573. The van der Waals surface area contributed by atoms with E-state index in [0.717, 1.165) is 16.8 Å². The van der Waals surface area contributed by atoms with Gasteiger partial charge in [-0.15, -0.1) is 0 Å². The number of halogens is 1. The minimum Gasteiger partial charge on any atom is -0.489 e. The fraction of sp³-hybridized carbons (Fsp3) is 0.320. The van der Waals surface area contributed by atoms with Crippen molar-refractivity contribution in [3.63, 3.8) is 0 Å². The first kappa shape index (κ1) is 22.5. The normalized spacial score (nSPS) is 13.8. The Labute approximate surface area is 191 Å². The van der Waals surface area contributed by atoms with Crippen LogP contribution >= 0.6 is 0 Å². The van der Waals surface area contributed by atoms with Crippen molar-refractivity contribution >= 4 is 11.8 Å². The summed E-state index contributed by atoms with van der Waals surface area (Å²) in [6.45, 7) is 5.86. The van der Waals surface area contributed by atoms with Crippen LogP contribution in [0, 0.1) is 19.7 Å². The second kappa shape index (κ2) is 9.85. The third kappa shape index (κ3) is 5.39. The minimum absolute atomic E-state index is 0.0246. The van der Waals surface area contributed by atoms with Crippen LogP contribution in [0.5, 0.6) is 5.75 Å². The van der Waals surface area contributed by atoms with Crippen LogP contribution < -0.4 is 4.74 Å². The third-order valence-electron chi connectivity index (χ3n) is 5.83. The fourth-order valence-electron chi connectivity index (χ4n) is 3.81. The van der Waals surface area contributed by atoms with Crippen LogP contribution in [0.3, 0.4) is 0 Å². The molecule has 0 atom stereocenters. The van der Waals surface area contributed by atoms with Gasteiger partial charge in [-0.05, 0) is 49.7 Å². The Morgan fingerprint density at radius 2 is 1.73 bits per heavy atom. The number of nitrogens with zero attached hydrogens (tertiary/aromatic N) is 3. The maximum absolute atomic E-state index is 13.1. The van der Waals surface area contributed by atoms with Crippen LogP contribution in [0.1, 0.15) is 32.9 Å². The second-order valence-electron chi connectivity index (χ2n) is 8.10. The van der Waals surface area contributed by atoms with E-state index in [9.17, 15) is 14.0 Å². The van der Waals surface area contributed by atoms with E-state index in [1.165, 1.54) is 12.1 Å². The summed E-state index contributed by atoms with van der Waals surface area (Å²) in [5, 5.41) is 3.92. The number of carbonyl (C=O) groups excluding carboxylic acids is 2. The predicted molar refractivity (Wildman–Crippen MR) is 119 cm³/mol. The van der Waals surface area contributed by atoms with E-state index in [1.807, 2.05) is 13.8 Å². The highest BCUT2D eigenvalue weighted by Crippen LogP contribution is 2.20. The van der Waals surface area contributed by atoms with E-state index in [2.05, 4.69) is 5.16 Å². The van der Waals surface area contributed by atoms with E-state index in [-0.39, 0.29) is 24.1 Å². The minimum atomic E-state index is -0.323. The Hall–Kier alpha value is -3.68. The van der Waals surface area contributed by atoms with Crippen molar-refractivity contribution in [1.82, 2.24) is 15.0 Å².